The van der Waals surface area contributed by atoms with E-state index in [0.717, 1.165) is 0 Å². The lowest BCUT2D eigenvalue weighted by Crippen LogP contribution is -2.41. The minimum Gasteiger partial charge on any atom is -0.247 e. The summed E-state index contributed by atoms with van der Waals surface area (Å²) in [5, 5.41) is 0. The second-order valence-corrected chi connectivity index (χ2v) is 9.73. The highest BCUT2D eigenvalue weighted by atomic mass is 15.1. The van der Waals surface area contributed by atoms with Gasteiger partial charge in [-0.15, -0.1) is 0 Å². The maximum absolute atomic E-state index is 3.60. The summed E-state index contributed by atoms with van der Waals surface area (Å²) in [6.07, 6.45) is 31.0. The van der Waals surface area contributed by atoms with Crippen LogP contribution in [0.2, 0.25) is 0 Å². The largest absolute Gasteiger partial charge is 0.257 e. The molecule has 0 aliphatic rings. The molecule has 1 heterocycles. The first-order valence-corrected chi connectivity index (χ1v) is 13.8. The molecule has 176 valence electrons. The van der Waals surface area contributed by atoms with Gasteiger partial charge in [0.05, 0.1) is 12.0 Å². The first kappa shape index (κ1) is 27.2. The standard InChI is InChI=1S/C28H54N2/c1-5-8-10-12-13-14-15-16-17-19-21-23-27(7-3)28-29-24-25-30(28)26(4)22-20-18-11-9-6-2/h24-27H,5-23H2,1-4H3/p+1. The molecular formula is C28H55N2+. The first-order valence-electron chi connectivity index (χ1n) is 13.8. The molecule has 1 rings (SSSR count). The van der Waals surface area contributed by atoms with Gasteiger partial charge in [-0.25, -0.2) is 9.55 Å². The van der Waals surface area contributed by atoms with Crippen molar-refractivity contribution in [3.05, 3.63) is 18.2 Å². The van der Waals surface area contributed by atoms with Gasteiger partial charge in [0.2, 0.25) is 0 Å². The first-order chi connectivity index (χ1) is 14.7. The molecule has 30 heavy (non-hydrogen) atoms. The third kappa shape index (κ3) is 12.2. The normalized spacial score (nSPS) is 13.6. The van der Waals surface area contributed by atoms with Gasteiger partial charge >= 0.3 is 0 Å². The highest BCUT2D eigenvalue weighted by molar-refractivity contribution is 4.89. The van der Waals surface area contributed by atoms with Crippen molar-refractivity contribution in [2.24, 2.45) is 0 Å². The summed E-state index contributed by atoms with van der Waals surface area (Å²) in [6.45, 7) is 9.37. The number of imidazole rings is 1. The van der Waals surface area contributed by atoms with Gasteiger partial charge < -0.3 is 0 Å². The van der Waals surface area contributed by atoms with E-state index >= 15 is 0 Å². The molecule has 0 aliphatic heterocycles. The van der Waals surface area contributed by atoms with E-state index in [4.69, 9.17) is 0 Å². The molecule has 1 aromatic rings. The van der Waals surface area contributed by atoms with E-state index in [2.05, 4.69) is 49.6 Å². The monoisotopic (exact) mass is 419 g/mol. The molecule has 0 saturated carbocycles. The van der Waals surface area contributed by atoms with Crippen molar-refractivity contribution in [2.75, 3.05) is 0 Å². The molecule has 1 N–H and O–H groups in total. The Morgan fingerprint density at radius 1 is 0.667 bits per heavy atom. The fourth-order valence-corrected chi connectivity index (χ4v) is 4.84. The van der Waals surface area contributed by atoms with Crippen LogP contribution in [0.5, 0.6) is 0 Å². The number of aromatic amines is 1. The van der Waals surface area contributed by atoms with E-state index in [1.165, 1.54) is 128 Å². The Morgan fingerprint density at radius 2 is 1.13 bits per heavy atom. The highest BCUT2D eigenvalue weighted by Gasteiger charge is 2.24. The molecule has 0 bridgehead atoms. The van der Waals surface area contributed by atoms with Crippen molar-refractivity contribution < 1.29 is 4.57 Å². The summed E-state index contributed by atoms with van der Waals surface area (Å²) < 4.78 is 2.55. The summed E-state index contributed by atoms with van der Waals surface area (Å²) in [7, 11) is 0. The molecule has 2 unspecified atom stereocenters. The Morgan fingerprint density at radius 3 is 1.63 bits per heavy atom. The smallest absolute Gasteiger partial charge is 0.247 e. The third-order valence-electron chi connectivity index (χ3n) is 6.98. The fourth-order valence-electron chi connectivity index (χ4n) is 4.84. The number of nitrogens with one attached hydrogen (secondary N) is 1. The van der Waals surface area contributed by atoms with Gasteiger partial charge in [0, 0.05) is 0 Å². The quantitative estimate of drug-likeness (QED) is 0.151. The maximum atomic E-state index is 3.60. The van der Waals surface area contributed by atoms with Gasteiger partial charge in [0.25, 0.3) is 5.82 Å². The van der Waals surface area contributed by atoms with Crippen LogP contribution in [0.1, 0.15) is 167 Å². The van der Waals surface area contributed by atoms with Crippen molar-refractivity contribution >= 4 is 0 Å². The van der Waals surface area contributed by atoms with Crippen molar-refractivity contribution in [1.29, 1.82) is 0 Å². The van der Waals surface area contributed by atoms with E-state index < -0.39 is 0 Å². The van der Waals surface area contributed by atoms with E-state index in [1.807, 2.05) is 0 Å². The molecule has 0 saturated heterocycles. The number of nitrogens with zero attached hydrogens (tertiary/aromatic N) is 1. The van der Waals surface area contributed by atoms with Gasteiger partial charge in [-0.1, -0.05) is 117 Å². The molecule has 0 spiro atoms. The van der Waals surface area contributed by atoms with Crippen LogP contribution in [0.25, 0.3) is 0 Å². The van der Waals surface area contributed by atoms with Gasteiger partial charge in [-0.05, 0) is 32.6 Å². The van der Waals surface area contributed by atoms with E-state index in [0.29, 0.717) is 12.0 Å². The topological polar surface area (TPSA) is 19.7 Å². The SMILES string of the molecule is CCCCCCCCCCCCCC(CC)c1[nH]cc[n+]1C(C)CCCCCCC. The summed E-state index contributed by atoms with van der Waals surface area (Å²) in [5.41, 5.74) is 0. The van der Waals surface area contributed by atoms with Crippen LogP contribution in [-0.2, 0) is 0 Å². The van der Waals surface area contributed by atoms with Crippen LogP contribution in [0.3, 0.4) is 0 Å². The average Bonchev–Trinajstić information content (AvgIpc) is 3.24. The molecule has 1 aromatic heterocycles. The maximum Gasteiger partial charge on any atom is 0.257 e. The lowest BCUT2D eigenvalue weighted by molar-refractivity contribution is -0.727. The fraction of sp³-hybridized carbons (Fsp3) is 0.893. The molecule has 2 nitrogen and oxygen atoms in total. The van der Waals surface area contributed by atoms with Crippen molar-refractivity contribution in [2.45, 2.75) is 162 Å². The van der Waals surface area contributed by atoms with Crippen LogP contribution in [0, 0.1) is 0 Å². The Bertz CT molecular complexity index is 479. The zero-order valence-electron chi connectivity index (χ0n) is 21.2. The number of hydrogen-bond acceptors (Lipinski definition) is 0. The molecule has 0 aromatic carbocycles. The van der Waals surface area contributed by atoms with Crippen molar-refractivity contribution in [1.82, 2.24) is 4.98 Å². The average molecular weight is 420 g/mol. The predicted octanol–water partition coefficient (Wildman–Crippen LogP) is 9.42. The molecule has 0 radical (unpaired) electrons. The number of aromatic nitrogens is 2. The predicted molar refractivity (Wildman–Crippen MR) is 133 cm³/mol. The minimum atomic E-state index is 0.624. The van der Waals surface area contributed by atoms with Crippen LogP contribution in [0.15, 0.2) is 12.4 Å². The molecular weight excluding hydrogens is 364 g/mol. The lowest BCUT2D eigenvalue weighted by Gasteiger charge is -2.16. The lowest BCUT2D eigenvalue weighted by atomic mass is 9.96. The molecule has 0 amide bonds. The van der Waals surface area contributed by atoms with Gasteiger partial charge in [-0.2, -0.15) is 0 Å². The molecule has 2 heteroatoms. The highest BCUT2D eigenvalue weighted by Crippen LogP contribution is 2.24. The van der Waals surface area contributed by atoms with Gasteiger partial charge in [0.1, 0.15) is 12.4 Å². The van der Waals surface area contributed by atoms with E-state index in [9.17, 15) is 0 Å². The van der Waals surface area contributed by atoms with E-state index in [1.54, 1.807) is 0 Å². The van der Waals surface area contributed by atoms with Crippen molar-refractivity contribution in [3.63, 3.8) is 0 Å². The number of H-pyrrole nitrogens is 1. The second kappa shape index (κ2) is 18.9. The van der Waals surface area contributed by atoms with Crippen LogP contribution in [0.4, 0.5) is 0 Å². The number of unbranched alkanes of at least 4 members (excludes halogenated alkanes) is 14. The van der Waals surface area contributed by atoms with Gasteiger partial charge in [-0.3, -0.25) is 0 Å². The Kier molecular flexibility index (Phi) is 17.2. The zero-order chi connectivity index (χ0) is 21.9. The van der Waals surface area contributed by atoms with Crippen LogP contribution >= 0.6 is 0 Å². The summed E-state index contributed by atoms with van der Waals surface area (Å²) >= 11 is 0. The Labute approximate surface area is 189 Å². The second-order valence-electron chi connectivity index (χ2n) is 9.73. The van der Waals surface area contributed by atoms with Gasteiger partial charge in [0.15, 0.2) is 0 Å². The zero-order valence-corrected chi connectivity index (χ0v) is 21.2. The summed E-state index contributed by atoms with van der Waals surface area (Å²) in [4.78, 5) is 3.60. The minimum absolute atomic E-state index is 0.624. The Hall–Kier alpha value is -0.790. The van der Waals surface area contributed by atoms with E-state index in [-0.39, 0.29) is 0 Å². The number of hydrogen-bond donors (Lipinski definition) is 1. The molecule has 0 aliphatic carbocycles. The van der Waals surface area contributed by atoms with Crippen LogP contribution in [-0.4, -0.2) is 4.98 Å². The number of rotatable bonds is 21. The summed E-state index contributed by atoms with van der Waals surface area (Å²) in [5.74, 6) is 2.17. The molecule has 0 fully saturated rings. The molecule has 2 atom stereocenters. The summed E-state index contributed by atoms with van der Waals surface area (Å²) in [6, 6.07) is 0.624. The Balaban J connectivity index is 2.21. The van der Waals surface area contributed by atoms with Crippen molar-refractivity contribution in [3.8, 4) is 0 Å². The van der Waals surface area contributed by atoms with Crippen LogP contribution < -0.4 is 4.57 Å². The third-order valence-corrected chi connectivity index (χ3v) is 6.98.